The number of fused-ring (bicyclic) bond motifs is 1. The number of hydrogen-bond acceptors (Lipinski definition) is 2. The molecule has 0 aliphatic rings. The van der Waals surface area contributed by atoms with Gasteiger partial charge in [-0.1, -0.05) is 12.1 Å². The van der Waals surface area contributed by atoms with Crippen molar-refractivity contribution in [1.82, 2.24) is 0 Å². The number of benzene rings is 1. The topological polar surface area (TPSA) is 18.5 Å². The first-order valence-electron chi connectivity index (χ1n) is 4.12. The van der Waals surface area contributed by atoms with Gasteiger partial charge in [0.25, 0.3) is 0 Å². The van der Waals surface area contributed by atoms with Crippen LogP contribution in [0.4, 0.5) is 0 Å². The SMILES string of the molecule is COc1cc2cc[cH-]c2cc1OC.[Li+]. The molecule has 2 rings (SSSR count). The minimum atomic E-state index is 0. The first-order chi connectivity index (χ1) is 6.35. The van der Waals surface area contributed by atoms with Gasteiger partial charge in [-0.2, -0.15) is 12.1 Å². The Hall–Kier alpha value is -0.973. The summed E-state index contributed by atoms with van der Waals surface area (Å²) in [6.45, 7) is 0. The Kier molecular flexibility index (Phi) is 3.57. The third-order valence-corrected chi connectivity index (χ3v) is 2.14. The second kappa shape index (κ2) is 4.50. The van der Waals surface area contributed by atoms with Crippen LogP contribution in [0.25, 0.3) is 10.8 Å². The van der Waals surface area contributed by atoms with Gasteiger partial charge < -0.3 is 9.47 Å². The van der Waals surface area contributed by atoms with Gasteiger partial charge in [-0.3, -0.25) is 0 Å². The minimum Gasteiger partial charge on any atom is -0.503 e. The van der Waals surface area contributed by atoms with Crippen LogP contribution in [0.5, 0.6) is 11.5 Å². The maximum absolute atomic E-state index is 5.19. The molecule has 3 heteroatoms. The van der Waals surface area contributed by atoms with Gasteiger partial charge in [-0.25, -0.2) is 0 Å². The summed E-state index contributed by atoms with van der Waals surface area (Å²) >= 11 is 0. The van der Waals surface area contributed by atoms with Crippen LogP contribution in [0, 0.1) is 0 Å². The molecule has 0 amide bonds. The molecule has 0 aliphatic carbocycles. The van der Waals surface area contributed by atoms with Crippen molar-refractivity contribution in [2.75, 3.05) is 14.2 Å². The molecule has 0 fully saturated rings. The predicted octanol–water partition coefficient (Wildman–Crippen LogP) is -0.420. The molecule has 0 unspecified atom stereocenters. The maximum atomic E-state index is 5.19. The first kappa shape index (κ1) is 11.1. The molecule has 2 nitrogen and oxygen atoms in total. The molecule has 0 spiro atoms. The Labute approximate surface area is 95.4 Å². The van der Waals surface area contributed by atoms with Gasteiger partial charge >= 0.3 is 18.9 Å². The van der Waals surface area contributed by atoms with E-state index in [1.807, 2.05) is 18.2 Å². The number of methoxy groups -OCH3 is 2. The Morgan fingerprint density at radius 3 is 2.36 bits per heavy atom. The second-order valence-corrected chi connectivity index (χ2v) is 2.86. The van der Waals surface area contributed by atoms with Crippen molar-refractivity contribution >= 4 is 10.8 Å². The van der Waals surface area contributed by atoms with E-state index in [4.69, 9.17) is 9.47 Å². The van der Waals surface area contributed by atoms with E-state index in [0.717, 1.165) is 11.5 Å². The summed E-state index contributed by atoms with van der Waals surface area (Å²) in [5.41, 5.74) is 0. The maximum Gasteiger partial charge on any atom is 1.00 e. The standard InChI is InChI=1S/C11H11O2.Li/c1-12-10-6-8-4-3-5-9(8)7-11(10)13-2;/h3-7H,1-2H3;/q-1;+1. The smallest absolute Gasteiger partial charge is 0.503 e. The van der Waals surface area contributed by atoms with E-state index in [2.05, 4.69) is 12.1 Å². The zero-order valence-corrected chi connectivity index (χ0v) is 8.70. The van der Waals surface area contributed by atoms with E-state index in [-0.39, 0.29) is 18.9 Å². The van der Waals surface area contributed by atoms with Crippen LogP contribution >= 0.6 is 0 Å². The summed E-state index contributed by atoms with van der Waals surface area (Å²) in [6, 6.07) is 10.1. The van der Waals surface area contributed by atoms with Crippen LogP contribution in [0.3, 0.4) is 0 Å². The molecule has 68 valence electrons. The summed E-state index contributed by atoms with van der Waals surface area (Å²) in [5, 5.41) is 2.36. The summed E-state index contributed by atoms with van der Waals surface area (Å²) < 4.78 is 10.4. The van der Waals surface area contributed by atoms with Gasteiger partial charge in [-0.15, -0.1) is 16.8 Å². The zero-order chi connectivity index (χ0) is 9.26. The average molecular weight is 182 g/mol. The average Bonchev–Trinajstić information content (AvgIpc) is 2.62. The van der Waals surface area contributed by atoms with Crippen LogP contribution < -0.4 is 28.3 Å². The number of ether oxygens (including phenoxy) is 2. The third kappa shape index (κ3) is 1.77. The molecular weight excluding hydrogens is 171 g/mol. The van der Waals surface area contributed by atoms with Gasteiger partial charge in [0.2, 0.25) is 0 Å². The number of rotatable bonds is 2. The van der Waals surface area contributed by atoms with Crippen molar-refractivity contribution < 1.29 is 28.3 Å². The van der Waals surface area contributed by atoms with Crippen molar-refractivity contribution in [1.29, 1.82) is 0 Å². The second-order valence-electron chi connectivity index (χ2n) is 2.86. The quantitative estimate of drug-likeness (QED) is 0.464. The molecule has 0 N–H and O–H groups in total. The molecule has 14 heavy (non-hydrogen) atoms. The summed E-state index contributed by atoms with van der Waals surface area (Å²) in [6.07, 6.45) is 0. The van der Waals surface area contributed by atoms with Crippen molar-refractivity contribution in [2.24, 2.45) is 0 Å². The van der Waals surface area contributed by atoms with Crippen molar-refractivity contribution in [3.8, 4) is 11.5 Å². The molecule has 0 aliphatic heterocycles. The van der Waals surface area contributed by atoms with E-state index in [1.54, 1.807) is 14.2 Å². The van der Waals surface area contributed by atoms with Crippen molar-refractivity contribution in [3.63, 3.8) is 0 Å². The molecule has 2 aromatic carbocycles. The van der Waals surface area contributed by atoms with Gasteiger partial charge in [-0.05, 0) is 0 Å². The molecular formula is C11H11LiO2. The van der Waals surface area contributed by atoms with Crippen molar-refractivity contribution in [2.45, 2.75) is 0 Å². The molecule has 0 bridgehead atoms. The molecule has 0 atom stereocenters. The van der Waals surface area contributed by atoms with E-state index < -0.39 is 0 Å². The molecule has 0 saturated carbocycles. The molecule has 0 aromatic heterocycles. The third-order valence-electron chi connectivity index (χ3n) is 2.14. The Morgan fingerprint density at radius 2 is 1.71 bits per heavy atom. The summed E-state index contributed by atoms with van der Waals surface area (Å²) in [7, 11) is 3.29. The fourth-order valence-corrected chi connectivity index (χ4v) is 1.45. The fraction of sp³-hybridized carbons (Fsp3) is 0.182. The minimum absolute atomic E-state index is 0. The van der Waals surface area contributed by atoms with Crippen LogP contribution in [0.1, 0.15) is 0 Å². The van der Waals surface area contributed by atoms with E-state index in [0.29, 0.717) is 0 Å². The zero-order valence-electron chi connectivity index (χ0n) is 8.70. The van der Waals surface area contributed by atoms with E-state index >= 15 is 0 Å². The summed E-state index contributed by atoms with van der Waals surface area (Å²) in [5.74, 6) is 1.56. The van der Waals surface area contributed by atoms with Crippen LogP contribution in [0.15, 0.2) is 30.3 Å². The Bertz CT molecular complexity index is 382. The van der Waals surface area contributed by atoms with Gasteiger partial charge in [0, 0.05) is 0 Å². The Balaban J connectivity index is 0.000000980. The van der Waals surface area contributed by atoms with Crippen LogP contribution in [-0.2, 0) is 0 Å². The first-order valence-corrected chi connectivity index (χ1v) is 4.12. The van der Waals surface area contributed by atoms with E-state index in [1.165, 1.54) is 10.8 Å². The fourth-order valence-electron chi connectivity index (χ4n) is 1.45. The van der Waals surface area contributed by atoms with Crippen LogP contribution in [0.2, 0.25) is 0 Å². The summed E-state index contributed by atoms with van der Waals surface area (Å²) in [4.78, 5) is 0. The van der Waals surface area contributed by atoms with Gasteiger partial charge in [0.05, 0.1) is 14.2 Å². The molecule has 0 radical (unpaired) electrons. The van der Waals surface area contributed by atoms with Crippen LogP contribution in [-0.4, -0.2) is 14.2 Å². The number of hydrogen-bond donors (Lipinski definition) is 0. The normalized spacial score (nSPS) is 9.57. The van der Waals surface area contributed by atoms with Gasteiger partial charge in [0.1, 0.15) is 11.5 Å². The largest absolute Gasteiger partial charge is 1.00 e. The van der Waals surface area contributed by atoms with E-state index in [9.17, 15) is 0 Å². The molecule has 2 aromatic rings. The molecule has 0 heterocycles. The monoisotopic (exact) mass is 182 g/mol. The predicted molar refractivity (Wildman–Crippen MR) is 52.6 cm³/mol. The van der Waals surface area contributed by atoms with Gasteiger partial charge in [0.15, 0.2) is 0 Å². The molecule has 0 saturated heterocycles. The van der Waals surface area contributed by atoms with Crippen molar-refractivity contribution in [3.05, 3.63) is 30.3 Å². The Morgan fingerprint density at radius 1 is 1.07 bits per heavy atom.